The van der Waals surface area contributed by atoms with Gasteiger partial charge in [0, 0.05) is 11.8 Å². The minimum absolute atomic E-state index is 0.179. The molecule has 3 heteroatoms. The van der Waals surface area contributed by atoms with E-state index < -0.39 is 5.91 Å². The smallest absolute Gasteiger partial charge is 0.250 e. The quantitative estimate of drug-likeness (QED) is 0.556. The van der Waals surface area contributed by atoms with E-state index in [1.54, 1.807) is 6.92 Å². The number of halogens is 1. The molecule has 0 aliphatic heterocycles. The zero-order chi connectivity index (χ0) is 7.28. The van der Waals surface area contributed by atoms with Gasteiger partial charge in [0.15, 0.2) is 0 Å². The van der Waals surface area contributed by atoms with Gasteiger partial charge in [-0.2, -0.15) is 0 Å². The van der Waals surface area contributed by atoms with E-state index in [4.69, 9.17) is 0 Å². The van der Waals surface area contributed by atoms with E-state index in [1.807, 2.05) is 0 Å². The lowest BCUT2D eigenvalue weighted by Crippen LogP contribution is -2.17. The maximum absolute atomic E-state index is 11.2. The molecule has 0 aromatic rings. The van der Waals surface area contributed by atoms with E-state index in [0.29, 0.717) is 5.70 Å². The maximum Gasteiger partial charge on any atom is 0.250 e. The molecule has 1 amide bonds. The van der Waals surface area contributed by atoms with Gasteiger partial charge in [-0.05, 0) is 6.92 Å². The fraction of sp³-hybridized carbons (Fsp3) is 0.167. The molecule has 0 saturated carbocycles. The van der Waals surface area contributed by atoms with Gasteiger partial charge in [-0.15, -0.1) is 0 Å². The SMILES string of the molecule is C=C(C)NC(=O)/C=C\F. The number of nitrogens with one attached hydrogen (secondary N) is 1. The van der Waals surface area contributed by atoms with E-state index >= 15 is 0 Å². The van der Waals surface area contributed by atoms with E-state index in [1.165, 1.54) is 0 Å². The number of rotatable bonds is 2. The van der Waals surface area contributed by atoms with Crippen molar-refractivity contribution >= 4 is 5.91 Å². The van der Waals surface area contributed by atoms with Crippen LogP contribution in [-0.4, -0.2) is 5.91 Å². The normalized spacial score (nSPS) is 9.56. The molecule has 0 fully saturated rings. The highest BCUT2D eigenvalue weighted by molar-refractivity contribution is 5.88. The molecule has 0 unspecified atom stereocenters. The lowest BCUT2D eigenvalue weighted by molar-refractivity contribution is -0.115. The lowest BCUT2D eigenvalue weighted by Gasteiger charge is -1.95. The van der Waals surface area contributed by atoms with Crippen molar-refractivity contribution in [3.8, 4) is 0 Å². The number of carbonyl (C=O) groups excluding carboxylic acids is 1. The molecular formula is C6H8FNO. The molecule has 0 radical (unpaired) electrons. The number of hydrogen-bond acceptors (Lipinski definition) is 1. The summed E-state index contributed by atoms with van der Waals surface area (Å²) in [6.07, 6.45) is 0.965. The zero-order valence-electron chi connectivity index (χ0n) is 5.15. The molecule has 0 aromatic heterocycles. The molecule has 0 aliphatic rings. The van der Waals surface area contributed by atoms with Crippen molar-refractivity contribution in [1.82, 2.24) is 5.32 Å². The molecule has 0 rings (SSSR count). The number of amides is 1. The van der Waals surface area contributed by atoms with Crippen molar-refractivity contribution < 1.29 is 9.18 Å². The molecule has 1 N–H and O–H groups in total. The van der Waals surface area contributed by atoms with Gasteiger partial charge in [0.25, 0.3) is 0 Å². The summed E-state index contributed by atoms with van der Waals surface area (Å²) in [7, 11) is 0. The summed E-state index contributed by atoms with van der Waals surface area (Å²) in [5.41, 5.74) is 0.498. The van der Waals surface area contributed by atoms with E-state index in [9.17, 15) is 9.18 Å². The summed E-state index contributed by atoms with van der Waals surface area (Å²) in [5, 5.41) is 2.28. The predicted octanol–water partition coefficient (Wildman–Crippen LogP) is 1.12. The Hall–Kier alpha value is -1.12. The van der Waals surface area contributed by atoms with E-state index in [-0.39, 0.29) is 6.33 Å². The van der Waals surface area contributed by atoms with Crippen LogP contribution in [0.5, 0.6) is 0 Å². The number of hydrogen-bond donors (Lipinski definition) is 1. The Morgan fingerprint density at radius 2 is 2.33 bits per heavy atom. The first-order chi connectivity index (χ1) is 4.16. The van der Waals surface area contributed by atoms with Gasteiger partial charge in [-0.3, -0.25) is 4.79 Å². The Balaban J connectivity index is 3.64. The van der Waals surface area contributed by atoms with Crippen molar-refractivity contribution in [2.24, 2.45) is 0 Å². The van der Waals surface area contributed by atoms with Crippen LogP contribution in [0.2, 0.25) is 0 Å². The van der Waals surface area contributed by atoms with Crippen molar-refractivity contribution in [3.05, 3.63) is 24.7 Å². The van der Waals surface area contributed by atoms with E-state index in [2.05, 4.69) is 11.9 Å². The largest absolute Gasteiger partial charge is 0.327 e. The van der Waals surface area contributed by atoms with E-state index in [0.717, 1.165) is 6.08 Å². The highest BCUT2D eigenvalue weighted by Gasteiger charge is 1.90. The second-order valence-electron chi connectivity index (χ2n) is 1.56. The van der Waals surface area contributed by atoms with Crippen LogP contribution >= 0.6 is 0 Å². The van der Waals surface area contributed by atoms with Gasteiger partial charge in [-0.25, -0.2) is 4.39 Å². The van der Waals surface area contributed by atoms with Crippen LogP contribution in [0, 0.1) is 0 Å². The Morgan fingerprint density at radius 1 is 1.78 bits per heavy atom. The molecule has 0 aromatic carbocycles. The van der Waals surface area contributed by atoms with Gasteiger partial charge in [0.1, 0.15) is 0 Å². The van der Waals surface area contributed by atoms with Crippen molar-refractivity contribution in [3.63, 3.8) is 0 Å². The molecule has 9 heavy (non-hydrogen) atoms. The summed E-state index contributed by atoms with van der Waals surface area (Å²) in [6, 6.07) is 0. The highest BCUT2D eigenvalue weighted by Crippen LogP contribution is 1.80. The predicted molar refractivity (Wildman–Crippen MR) is 33.2 cm³/mol. The van der Waals surface area contributed by atoms with Crippen LogP contribution in [0.15, 0.2) is 24.7 Å². The molecule has 2 nitrogen and oxygen atoms in total. The first-order valence-corrected chi connectivity index (χ1v) is 2.40. The summed E-state index contributed by atoms with van der Waals surface area (Å²) in [6.45, 7) is 5.00. The Labute approximate surface area is 53.1 Å². The second kappa shape index (κ2) is 3.83. The highest BCUT2D eigenvalue weighted by atomic mass is 19.1. The standard InChI is InChI=1S/C6H8FNO/c1-5(2)8-6(9)3-4-7/h3-4H,1H2,2H3,(H,8,9)/b4-3-. The third-order valence-corrected chi connectivity index (χ3v) is 0.551. The molecule has 50 valence electrons. The van der Waals surface area contributed by atoms with Gasteiger partial charge < -0.3 is 5.32 Å². The number of carbonyl (C=O) groups is 1. The summed E-state index contributed by atoms with van der Waals surface area (Å²) < 4.78 is 11.2. The average Bonchev–Trinajstić information content (AvgIpc) is 1.63. The van der Waals surface area contributed by atoms with Crippen LogP contribution in [0.25, 0.3) is 0 Å². The molecule has 0 bridgehead atoms. The monoisotopic (exact) mass is 129 g/mol. The molecular weight excluding hydrogens is 121 g/mol. The van der Waals surface area contributed by atoms with Gasteiger partial charge in [0.05, 0.1) is 6.33 Å². The summed E-state index contributed by atoms with van der Waals surface area (Å²) >= 11 is 0. The van der Waals surface area contributed by atoms with Crippen LogP contribution in [0.4, 0.5) is 4.39 Å². The van der Waals surface area contributed by atoms with Crippen molar-refractivity contribution in [2.75, 3.05) is 0 Å². The van der Waals surface area contributed by atoms with Crippen molar-refractivity contribution in [2.45, 2.75) is 6.92 Å². The topological polar surface area (TPSA) is 29.1 Å². The Bertz CT molecular complexity index is 151. The first-order valence-electron chi connectivity index (χ1n) is 2.40. The van der Waals surface area contributed by atoms with Gasteiger partial charge in [0.2, 0.25) is 5.91 Å². The van der Waals surface area contributed by atoms with Gasteiger partial charge >= 0.3 is 0 Å². The minimum atomic E-state index is -0.495. The van der Waals surface area contributed by atoms with Crippen LogP contribution in [-0.2, 0) is 4.79 Å². The minimum Gasteiger partial charge on any atom is -0.327 e. The maximum atomic E-state index is 11.2. The van der Waals surface area contributed by atoms with Crippen LogP contribution < -0.4 is 5.32 Å². The third-order valence-electron chi connectivity index (χ3n) is 0.551. The summed E-state index contributed by atoms with van der Waals surface area (Å²) in [5.74, 6) is -0.495. The van der Waals surface area contributed by atoms with Gasteiger partial charge in [-0.1, -0.05) is 6.58 Å². The Morgan fingerprint density at radius 3 is 2.67 bits per heavy atom. The molecule has 0 atom stereocenters. The molecule has 0 aliphatic carbocycles. The summed E-state index contributed by atoms with van der Waals surface area (Å²) in [4.78, 5) is 10.4. The fourth-order valence-corrected chi connectivity index (χ4v) is 0.309. The zero-order valence-corrected chi connectivity index (χ0v) is 5.15. The molecule has 0 heterocycles. The average molecular weight is 129 g/mol. The Kier molecular flexibility index (Phi) is 3.35. The molecule has 0 saturated heterocycles. The second-order valence-corrected chi connectivity index (χ2v) is 1.56. The first kappa shape index (κ1) is 7.88. The lowest BCUT2D eigenvalue weighted by atomic mass is 10.5. The fourth-order valence-electron chi connectivity index (χ4n) is 0.309. The number of allylic oxidation sites excluding steroid dienone is 1. The third kappa shape index (κ3) is 4.74. The van der Waals surface area contributed by atoms with Crippen LogP contribution in [0.1, 0.15) is 6.92 Å². The molecule has 0 spiro atoms. The van der Waals surface area contributed by atoms with Crippen LogP contribution in [0.3, 0.4) is 0 Å². The van der Waals surface area contributed by atoms with Crippen molar-refractivity contribution in [1.29, 1.82) is 0 Å².